The Balaban J connectivity index is 1.87. The molecule has 0 aliphatic heterocycles. The second-order valence-corrected chi connectivity index (χ2v) is 4.69. The van der Waals surface area contributed by atoms with Crippen molar-refractivity contribution >= 4 is 0 Å². The van der Waals surface area contributed by atoms with E-state index in [0.717, 1.165) is 11.8 Å². The molecule has 0 radical (unpaired) electrons. The molecule has 2 N–H and O–H groups in total. The van der Waals surface area contributed by atoms with E-state index in [1.165, 1.54) is 38.5 Å². The van der Waals surface area contributed by atoms with Gasteiger partial charge < -0.3 is 5.73 Å². The molecular formula is C10H19N. The fraction of sp³-hybridized carbons (Fsp3) is 1.00. The average molecular weight is 153 g/mol. The van der Waals surface area contributed by atoms with Crippen LogP contribution in [0.1, 0.15) is 45.4 Å². The Bertz CT molecular complexity index is 141. The van der Waals surface area contributed by atoms with E-state index in [4.69, 9.17) is 5.73 Å². The average Bonchev–Trinajstić information content (AvgIpc) is 2.70. The van der Waals surface area contributed by atoms with Gasteiger partial charge in [0.25, 0.3) is 0 Å². The van der Waals surface area contributed by atoms with E-state index in [-0.39, 0.29) is 0 Å². The normalized spacial score (nSPS) is 42.0. The van der Waals surface area contributed by atoms with Crippen LogP contribution in [0.4, 0.5) is 0 Å². The van der Waals surface area contributed by atoms with Crippen molar-refractivity contribution in [2.45, 2.75) is 51.0 Å². The fourth-order valence-corrected chi connectivity index (χ4v) is 2.39. The molecule has 2 saturated carbocycles. The smallest absolute Gasteiger partial charge is 0.0184 e. The van der Waals surface area contributed by atoms with Gasteiger partial charge in [0, 0.05) is 5.54 Å². The van der Waals surface area contributed by atoms with Gasteiger partial charge in [0.05, 0.1) is 0 Å². The number of nitrogens with two attached hydrogens (primary N) is 1. The zero-order chi connectivity index (χ0) is 7.90. The van der Waals surface area contributed by atoms with Gasteiger partial charge >= 0.3 is 0 Å². The number of hydrogen-bond donors (Lipinski definition) is 1. The molecule has 0 unspecified atom stereocenters. The Labute approximate surface area is 69.4 Å². The maximum absolute atomic E-state index is 6.17. The Kier molecular flexibility index (Phi) is 1.71. The first-order chi connectivity index (χ1) is 5.21. The van der Waals surface area contributed by atoms with Gasteiger partial charge in [0.2, 0.25) is 0 Å². The highest BCUT2D eigenvalue weighted by molar-refractivity contribution is 5.04. The minimum atomic E-state index is 0.306. The van der Waals surface area contributed by atoms with E-state index in [1.807, 2.05) is 0 Å². The molecule has 0 atom stereocenters. The standard InChI is InChI=1S/C10H19N/c1-8-2-4-9(5-3-8)10(11)6-7-10/h8-9H,2-7,11H2,1H3. The van der Waals surface area contributed by atoms with Gasteiger partial charge in [-0.05, 0) is 37.5 Å². The first-order valence-electron chi connectivity index (χ1n) is 4.99. The maximum atomic E-state index is 6.17. The molecule has 11 heavy (non-hydrogen) atoms. The summed E-state index contributed by atoms with van der Waals surface area (Å²) in [6.45, 7) is 2.37. The van der Waals surface area contributed by atoms with Crippen LogP contribution >= 0.6 is 0 Å². The van der Waals surface area contributed by atoms with E-state index in [2.05, 4.69) is 6.92 Å². The molecule has 0 heterocycles. The first-order valence-corrected chi connectivity index (χ1v) is 4.99. The first kappa shape index (κ1) is 7.60. The number of rotatable bonds is 1. The molecule has 0 aromatic heterocycles. The lowest BCUT2D eigenvalue weighted by atomic mass is 9.78. The molecule has 1 heteroatoms. The van der Waals surface area contributed by atoms with Gasteiger partial charge in [-0.25, -0.2) is 0 Å². The van der Waals surface area contributed by atoms with Crippen LogP contribution in [0.25, 0.3) is 0 Å². The van der Waals surface area contributed by atoms with E-state index >= 15 is 0 Å². The molecule has 2 fully saturated rings. The number of hydrogen-bond acceptors (Lipinski definition) is 1. The van der Waals surface area contributed by atoms with Crippen LogP contribution in [-0.4, -0.2) is 5.54 Å². The summed E-state index contributed by atoms with van der Waals surface area (Å²) < 4.78 is 0. The maximum Gasteiger partial charge on any atom is 0.0184 e. The van der Waals surface area contributed by atoms with Gasteiger partial charge in [-0.15, -0.1) is 0 Å². The van der Waals surface area contributed by atoms with Gasteiger partial charge in [-0.2, -0.15) is 0 Å². The lowest BCUT2D eigenvalue weighted by Crippen LogP contribution is -2.34. The molecule has 0 amide bonds. The van der Waals surface area contributed by atoms with E-state index in [1.54, 1.807) is 0 Å². The summed E-state index contributed by atoms with van der Waals surface area (Å²) in [6.07, 6.45) is 8.24. The minimum absolute atomic E-state index is 0.306. The summed E-state index contributed by atoms with van der Waals surface area (Å²) in [6, 6.07) is 0. The summed E-state index contributed by atoms with van der Waals surface area (Å²) in [5.74, 6) is 1.84. The van der Waals surface area contributed by atoms with E-state index < -0.39 is 0 Å². The lowest BCUT2D eigenvalue weighted by molar-refractivity contribution is 0.244. The molecule has 0 aromatic carbocycles. The summed E-state index contributed by atoms with van der Waals surface area (Å²) in [7, 11) is 0. The van der Waals surface area contributed by atoms with Gasteiger partial charge in [-0.3, -0.25) is 0 Å². The molecule has 2 rings (SSSR count). The van der Waals surface area contributed by atoms with Crippen molar-refractivity contribution in [3.63, 3.8) is 0 Å². The second-order valence-electron chi connectivity index (χ2n) is 4.69. The zero-order valence-electron chi connectivity index (χ0n) is 7.47. The van der Waals surface area contributed by atoms with Crippen LogP contribution in [0.3, 0.4) is 0 Å². The molecule has 0 aromatic rings. The molecule has 64 valence electrons. The Morgan fingerprint density at radius 1 is 1.09 bits per heavy atom. The van der Waals surface area contributed by atoms with Gasteiger partial charge in [0.1, 0.15) is 0 Å². The Hall–Kier alpha value is -0.0400. The summed E-state index contributed by atoms with van der Waals surface area (Å²) >= 11 is 0. The van der Waals surface area contributed by atoms with Crippen molar-refractivity contribution in [1.82, 2.24) is 0 Å². The van der Waals surface area contributed by atoms with E-state index in [0.29, 0.717) is 5.54 Å². The molecule has 2 aliphatic carbocycles. The monoisotopic (exact) mass is 153 g/mol. The molecule has 2 aliphatic rings. The van der Waals surface area contributed by atoms with Crippen molar-refractivity contribution in [1.29, 1.82) is 0 Å². The van der Waals surface area contributed by atoms with Gasteiger partial charge in [0.15, 0.2) is 0 Å². The third-order valence-corrected chi connectivity index (χ3v) is 3.66. The fourth-order valence-electron chi connectivity index (χ4n) is 2.39. The topological polar surface area (TPSA) is 26.0 Å². The predicted molar refractivity (Wildman–Crippen MR) is 47.3 cm³/mol. The highest BCUT2D eigenvalue weighted by atomic mass is 14.8. The van der Waals surface area contributed by atoms with E-state index in [9.17, 15) is 0 Å². The van der Waals surface area contributed by atoms with Crippen molar-refractivity contribution in [3.8, 4) is 0 Å². The highest BCUT2D eigenvalue weighted by Crippen LogP contribution is 2.46. The van der Waals surface area contributed by atoms with Crippen LogP contribution in [0, 0.1) is 11.8 Å². The molecular weight excluding hydrogens is 134 g/mol. The van der Waals surface area contributed by atoms with Crippen LogP contribution in [0.2, 0.25) is 0 Å². The summed E-state index contributed by atoms with van der Waals surface area (Å²) in [4.78, 5) is 0. The zero-order valence-corrected chi connectivity index (χ0v) is 7.47. The van der Waals surface area contributed by atoms with Crippen LogP contribution < -0.4 is 5.73 Å². The quantitative estimate of drug-likeness (QED) is 0.614. The van der Waals surface area contributed by atoms with Crippen LogP contribution in [-0.2, 0) is 0 Å². The van der Waals surface area contributed by atoms with Crippen molar-refractivity contribution in [3.05, 3.63) is 0 Å². The lowest BCUT2D eigenvalue weighted by Gasteiger charge is -2.30. The molecule has 0 saturated heterocycles. The molecule has 0 spiro atoms. The van der Waals surface area contributed by atoms with Gasteiger partial charge in [-0.1, -0.05) is 19.8 Å². The molecule has 1 nitrogen and oxygen atoms in total. The third kappa shape index (κ3) is 1.44. The second kappa shape index (κ2) is 2.48. The largest absolute Gasteiger partial charge is 0.325 e. The highest BCUT2D eigenvalue weighted by Gasteiger charge is 2.45. The van der Waals surface area contributed by atoms with Crippen LogP contribution in [0.15, 0.2) is 0 Å². The SMILES string of the molecule is CC1CCC(C2(N)CC2)CC1. The predicted octanol–water partition coefficient (Wildman–Crippen LogP) is 2.30. The summed E-state index contributed by atoms with van der Waals surface area (Å²) in [5.41, 5.74) is 6.47. The third-order valence-electron chi connectivity index (χ3n) is 3.66. The van der Waals surface area contributed by atoms with Crippen molar-refractivity contribution in [2.24, 2.45) is 17.6 Å². The van der Waals surface area contributed by atoms with Crippen molar-refractivity contribution < 1.29 is 0 Å². The Morgan fingerprint density at radius 3 is 2.09 bits per heavy atom. The summed E-state index contributed by atoms with van der Waals surface area (Å²) in [5, 5.41) is 0. The Morgan fingerprint density at radius 2 is 1.64 bits per heavy atom. The minimum Gasteiger partial charge on any atom is -0.325 e. The molecule has 0 bridgehead atoms. The van der Waals surface area contributed by atoms with Crippen LogP contribution in [0.5, 0.6) is 0 Å². The van der Waals surface area contributed by atoms with Crippen molar-refractivity contribution in [2.75, 3.05) is 0 Å².